The molecule has 1 atom stereocenters. The summed E-state index contributed by atoms with van der Waals surface area (Å²) < 4.78 is 12.9. The van der Waals surface area contributed by atoms with Crippen LogP contribution in [0.5, 0.6) is 0 Å². The fourth-order valence-electron chi connectivity index (χ4n) is 3.04. The van der Waals surface area contributed by atoms with Gasteiger partial charge in [-0.05, 0) is 37.1 Å². The highest BCUT2D eigenvalue weighted by Crippen LogP contribution is 2.19. The number of likely N-dealkylation sites (tertiary alicyclic amines) is 1. The van der Waals surface area contributed by atoms with Crippen molar-refractivity contribution in [2.24, 2.45) is 0 Å². The SMILES string of the molecule is N=Cc1c(N)ncnc1N[C@H]1CCCN(C(=O)CNc2ccc(F)cc2)C1. The Balaban J connectivity index is 1.57. The third-order valence-corrected chi connectivity index (χ3v) is 4.46. The van der Waals surface area contributed by atoms with E-state index in [9.17, 15) is 9.18 Å². The largest absolute Gasteiger partial charge is 0.383 e. The molecule has 0 unspecified atom stereocenters. The molecule has 2 aromatic rings. The predicted octanol–water partition coefficient (Wildman–Crippen LogP) is 1.71. The lowest BCUT2D eigenvalue weighted by atomic mass is 10.1. The van der Waals surface area contributed by atoms with Crippen LogP contribution < -0.4 is 16.4 Å². The van der Waals surface area contributed by atoms with Gasteiger partial charge in [0.15, 0.2) is 0 Å². The monoisotopic (exact) mass is 371 g/mol. The van der Waals surface area contributed by atoms with E-state index in [1.807, 2.05) is 0 Å². The molecule has 1 amide bonds. The number of carbonyl (C=O) groups excluding carboxylic acids is 1. The second-order valence-electron chi connectivity index (χ2n) is 6.35. The molecule has 27 heavy (non-hydrogen) atoms. The zero-order valence-electron chi connectivity index (χ0n) is 14.8. The first-order chi connectivity index (χ1) is 13.1. The van der Waals surface area contributed by atoms with Gasteiger partial charge in [-0.25, -0.2) is 14.4 Å². The molecule has 8 nitrogen and oxygen atoms in total. The normalized spacial score (nSPS) is 16.6. The van der Waals surface area contributed by atoms with Crippen LogP contribution in [0, 0.1) is 11.2 Å². The Hall–Kier alpha value is -3.23. The van der Waals surface area contributed by atoms with Gasteiger partial charge in [0.05, 0.1) is 12.1 Å². The lowest BCUT2D eigenvalue weighted by Crippen LogP contribution is -2.47. The van der Waals surface area contributed by atoms with Crippen LogP contribution in [-0.4, -0.2) is 52.7 Å². The quantitative estimate of drug-likeness (QED) is 0.574. The summed E-state index contributed by atoms with van der Waals surface area (Å²) in [4.78, 5) is 22.3. The molecule has 1 aliphatic heterocycles. The number of rotatable bonds is 6. The summed E-state index contributed by atoms with van der Waals surface area (Å²) in [5, 5.41) is 13.8. The van der Waals surface area contributed by atoms with Crippen molar-refractivity contribution in [1.29, 1.82) is 5.41 Å². The third kappa shape index (κ3) is 4.69. The minimum Gasteiger partial charge on any atom is -0.383 e. The Morgan fingerprint density at radius 3 is 2.89 bits per heavy atom. The number of nitrogens with zero attached hydrogens (tertiary/aromatic N) is 3. The molecular weight excluding hydrogens is 349 g/mol. The number of nitrogens with one attached hydrogen (secondary N) is 3. The van der Waals surface area contributed by atoms with E-state index in [-0.39, 0.29) is 30.1 Å². The van der Waals surface area contributed by atoms with Gasteiger partial charge in [-0.1, -0.05) is 0 Å². The van der Waals surface area contributed by atoms with E-state index in [4.69, 9.17) is 11.1 Å². The van der Waals surface area contributed by atoms with E-state index in [0.29, 0.717) is 30.2 Å². The Bertz CT molecular complexity index is 812. The van der Waals surface area contributed by atoms with E-state index in [2.05, 4.69) is 20.6 Å². The van der Waals surface area contributed by atoms with E-state index in [1.165, 1.54) is 18.5 Å². The first-order valence-electron chi connectivity index (χ1n) is 8.71. The summed E-state index contributed by atoms with van der Waals surface area (Å²) >= 11 is 0. The number of nitrogens with two attached hydrogens (primary N) is 1. The molecule has 1 aromatic carbocycles. The zero-order chi connectivity index (χ0) is 19.2. The molecule has 0 spiro atoms. The van der Waals surface area contributed by atoms with Gasteiger partial charge < -0.3 is 26.7 Å². The maximum atomic E-state index is 12.9. The molecule has 0 radical (unpaired) electrons. The van der Waals surface area contributed by atoms with Crippen LogP contribution in [-0.2, 0) is 4.79 Å². The molecule has 5 N–H and O–H groups in total. The van der Waals surface area contributed by atoms with E-state index in [1.54, 1.807) is 17.0 Å². The number of halogens is 1. The van der Waals surface area contributed by atoms with Gasteiger partial charge >= 0.3 is 0 Å². The van der Waals surface area contributed by atoms with Crippen LogP contribution in [0.25, 0.3) is 0 Å². The molecule has 1 fully saturated rings. The van der Waals surface area contributed by atoms with Gasteiger partial charge in [0.2, 0.25) is 5.91 Å². The highest BCUT2D eigenvalue weighted by Gasteiger charge is 2.24. The number of nitrogen functional groups attached to an aromatic ring is 1. The van der Waals surface area contributed by atoms with Gasteiger partial charge in [0, 0.05) is 31.0 Å². The van der Waals surface area contributed by atoms with Crippen LogP contribution in [0.3, 0.4) is 0 Å². The van der Waals surface area contributed by atoms with Crippen molar-refractivity contribution in [2.45, 2.75) is 18.9 Å². The zero-order valence-corrected chi connectivity index (χ0v) is 14.8. The molecule has 9 heteroatoms. The first kappa shape index (κ1) is 18.6. The third-order valence-electron chi connectivity index (χ3n) is 4.46. The number of hydrogen-bond donors (Lipinski definition) is 4. The van der Waals surface area contributed by atoms with Gasteiger partial charge in [0.1, 0.15) is 23.8 Å². The summed E-state index contributed by atoms with van der Waals surface area (Å²) in [5.41, 5.74) is 6.92. The number of benzene rings is 1. The molecular formula is C18H22FN7O. The topological polar surface area (TPSA) is 120 Å². The standard InChI is InChI=1S/C18H22FN7O/c19-12-3-5-13(6-4-12)22-9-16(27)26-7-1-2-14(10-26)25-18-15(8-20)17(21)23-11-24-18/h3-6,8,11,14,20,22H,1-2,7,9-10H2,(H3,21,23,24,25)/t14-/m0/s1. The minimum atomic E-state index is -0.313. The lowest BCUT2D eigenvalue weighted by molar-refractivity contribution is -0.130. The fourth-order valence-corrected chi connectivity index (χ4v) is 3.04. The highest BCUT2D eigenvalue weighted by molar-refractivity contribution is 5.90. The van der Waals surface area contributed by atoms with Crippen molar-refractivity contribution >= 4 is 29.4 Å². The highest BCUT2D eigenvalue weighted by atomic mass is 19.1. The molecule has 0 aliphatic carbocycles. The van der Waals surface area contributed by atoms with Gasteiger partial charge in [-0.2, -0.15) is 0 Å². The second kappa shape index (κ2) is 8.43. The van der Waals surface area contributed by atoms with Crippen LogP contribution >= 0.6 is 0 Å². The molecule has 2 heterocycles. The van der Waals surface area contributed by atoms with E-state index >= 15 is 0 Å². The van der Waals surface area contributed by atoms with Crippen molar-refractivity contribution in [3.05, 3.63) is 42.0 Å². The number of piperidine rings is 1. The van der Waals surface area contributed by atoms with Crippen LogP contribution in [0.15, 0.2) is 30.6 Å². The number of aromatic nitrogens is 2. The average molecular weight is 371 g/mol. The molecule has 1 aromatic heterocycles. The molecule has 1 aliphatic rings. The van der Waals surface area contributed by atoms with Crippen molar-refractivity contribution < 1.29 is 9.18 Å². The number of carbonyl (C=O) groups is 1. The molecule has 142 valence electrons. The maximum Gasteiger partial charge on any atom is 0.241 e. The average Bonchev–Trinajstić information content (AvgIpc) is 2.68. The number of anilines is 3. The van der Waals surface area contributed by atoms with Crippen LogP contribution in [0.2, 0.25) is 0 Å². The van der Waals surface area contributed by atoms with Gasteiger partial charge in [-0.3, -0.25) is 4.79 Å². The van der Waals surface area contributed by atoms with Crippen molar-refractivity contribution in [2.75, 3.05) is 36.0 Å². The van der Waals surface area contributed by atoms with Crippen LogP contribution in [0.1, 0.15) is 18.4 Å². The van der Waals surface area contributed by atoms with Crippen molar-refractivity contribution in [3.63, 3.8) is 0 Å². The maximum absolute atomic E-state index is 12.9. The van der Waals surface area contributed by atoms with Gasteiger partial charge in [-0.15, -0.1) is 0 Å². The summed E-state index contributed by atoms with van der Waals surface area (Å²) in [7, 11) is 0. The van der Waals surface area contributed by atoms with Crippen LogP contribution in [0.4, 0.5) is 21.7 Å². The minimum absolute atomic E-state index is 0.0153. The Labute approximate surface area is 156 Å². The summed E-state index contributed by atoms with van der Waals surface area (Å²) in [6, 6.07) is 5.91. The smallest absolute Gasteiger partial charge is 0.241 e. The molecule has 0 saturated carbocycles. The number of hydrogen-bond acceptors (Lipinski definition) is 7. The van der Waals surface area contributed by atoms with E-state index in [0.717, 1.165) is 19.1 Å². The molecule has 0 bridgehead atoms. The summed E-state index contributed by atoms with van der Waals surface area (Å²) in [6.45, 7) is 1.36. The number of amides is 1. The van der Waals surface area contributed by atoms with Gasteiger partial charge in [0.25, 0.3) is 0 Å². The van der Waals surface area contributed by atoms with Crippen molar-refractivity contribution in [1.82, 2.24) is 14.9 Å². The predicted molar refractivity (Wildman–Crippen MR) is 102 cm³/mol. The lowest BCUT2D eigenvalue weighted by Gasteiger charge is -2.33. The Morgan fingerprint density at radius 2 is 2.15 bits per heavy atom. The molecule has 3 rings (SSSR count). The first-order valence-corrected chi connectivity index (χ1v) is 8.71. The Kier molecular flexibility index (Phi) is 5.80. The summed E-state index contributed by atoms with van der Waals surface area (Å²) in [5.74, 6) is 0.405. The fraction of sp³-hybridized carbons (Fsp3) is 0.333. The molecule has 1 saturated heterocycles. The van der Waals surface area contributed by atoms with E-state index < -0.39 is 0 Å². The summed E-state index contributed by atoms with van der Waals surface area (Å²) in [6.07, 6.45) is 4.22. The second-order valence-corrected chi connectivity index (χ2v) is 6.35. The van der Waals surface area contributed by atoms with Crippen molar-refractivity contribution in [3.8, 4) is 0 Å². The Morgan fingerprint density at radius 1 is 1.37 bits per heavy atom.